The van der Waals surface area contributed by atoms with E-state index < -0.39 is 0 Å². The van der Waals surface area contributed by atoms with Crippen molar-refractivity contribution in [1.29, 1.82) is 0 Å². The number of amides is 1. The van der Waals surface area contributed by atoms with Crippen LogP contribution in [0.2, 0.25) is 0 Å². The summed E-state index contributed by atoms with van der Waals surface area (Å²) in [5, 5.41) is 6.48. The number of benzene rings is 1. The highest BCUT2D eigenvalue weighted by molar-refractivity contribution is 5.79. The number of carbonyl (C=O) groups excluding carboxylic acids is 1. The third-order valence-corrected chi connectivity index (χ3v) is 4.25. The molecule has 0 aromatic heterocycles. The Morgan fingerprint density at radius 1 is 1.38 bits per heavy atom. The largest absolute Gasteiger partial charge is 0.454 e. The number of rotatable bonds is 3. The van der Waals surface area contributed by atoms with Crippen molar-refractivity contribution in [2.45, 2.75) is 38.8 Å². The molecular weight excluding hydrogens is 268 g/mol. The van der Waals surface area contributed by atoms with Crippen molar-refractivity contribution >= 4 is 5.91 Å². The van der Waals surface area contributed by atoms with E-state index in [-0.39, 0.29) is 24.7 Å². The number of hydrogen-bond acceptors (Lipinski definition) is 4. The summed E-state index contributed by atoms with van der Waals surface area (Å²) in [6.07, 6.45) is 1.81. The highest BCUT2D eigenvalue weighted by Gasteiger charge is 2.26. The van der Waals surface area contributed by atoms with Gasteiger partial charge >= 0.3 is 0 Å². The van der Waals surface area contributed by atoms with Gasteiger partial charge in [0.15, 0.2) is 11.5 Å². The zero-order valence-electron chi connectivity index (χ0n) is 12.5. The van der Waals surface area contributed by atoms with Crippen molar-refractivity contribution in [2.75, 3.05) is 13.3 Å². The first-order valence-corrected chi connectivity index (χ1v) is 7.57. The van der Waals surface area contributed by atoms with Crippen LogP contribution in [0.5, 0.6) is 11.5 Å². The average Bonchev–Trinajstić information content (AvgIpc) is 2.94. The average molecular weight is 290 g/mol. The van der Waals surface area contributed by atoms with E-state index >= 15 is 0 Å². The van der Waals surface area contributed by atoms with E-state index in [9.17, 15) is 4.79 Å². The van der Waals surface area contributed by atoms with Crippen molar-refractivity contribution in [3.8, 4) is 11.5 Å². The Morgan fingerprint density at radius 2 is 2.19 bits per heavy atom. The third kappa shape index (κ3) is 3.13. The number of piperidine rings is 1. The van der Waals surface area contributed by atoms with Crippen molar-refractivity contribution in [3.63, 3.8) is 0 Å². The molecule has 3 atom stereocenters. The Morgan fingerprint density at radius 3 is 3.00 bits per heavy atom. The molecule has 1 saturated heterocycles. The molecule has 2 aliphatic heterocycles. The van der Waals surface area contributed by atoms with Crippen LogP contribution >= 0.6 is 0 Å². The van der Waals surface area contributed by atoms with Crippen LogP contribution in [0.25, 0.3) is 0 Å². The van der Waals surface area contributed by atoms with Crippen LogP contribution in [0.4, 0.5) is 0 Å². The highest BCUT2D eigenvalue weighted by Crippen LogP contribution is 2.34. The molecule has 2 heterocycles. The molecule has 5 nitrogen and oxygen atoms in total. The smallest absolute Gasteiger partial charge is 0.231 e. The third-order valence-electron chi connectivity index (χ3n) is 4.25. The van der Waals surface area contributed by atoms with E-state index in [4.69, 9.17) is 9.47 Å². The van der Waals surface area contributed by atoms with E-state index in [1.807, 2.05) is 25.1 Å². The fraction of sp³-hybridized carbons (Fsp3) is 0.562. The zero-order valence-corrected chi connectivity index (χ0v) is 12.5. The second kappa shape index (κ2) is 5.93. The van der Waals surface area contributed by atoms with Gasteiger partial charge in [-0.1, -0.05) is 6.07 Å². The van der Waals surface area contributed by atoms with Gasteiger partial charge in [-0.3, -0.25) is 4.79 Å². The van der Waals surface area contributed by atoms with Crippen LogP contribution in [0, 0.1) is 5.92 Å². The summed E-state index contributed by atoms with van der Waals surface area (Å²) in [4.78, 5) is 12.4. The quantitative estimate of drug-likeness (QED) is 0.893. The van der Waals surface area contributed by atoms with Crippen LogP contribution in [0.1, 0.15) is 38.3 Å². The maximum atomic E-state index is 12.4. The first-order valence-electron chi connectivity index (χ1n) is 7.57. The van der Waals surface area contributed by atoms with E-state index in [2.05, 4.69) is 17.6 Å². The molecule has 3 rings (SSSR count). The van der Waals surface area contributed by atoms with Gasteiger partial charge in [-0.25, -0.2) is 0 Å². The molecule has 5 heteroatoms. The Labute approximate surface area is 125 Å². The van der Waals surface area contributed by atoms with Gasteiger partial charge in [0.2, 0.25) is 12.7 Å². The summed E-state index contributed by atoms with van der Waals surface area (Å²) in [7, 11) is 0. The van der Waals surface area contributed by atoms with Crippen LogP contribution in [-0.4, -0.2) is 25.3 Å². The Balaban J connectivity index is 1.63. The lowest BCUT2D eigenvalue weighted by Crippen LogP contribution is -2.42. The summed E-state index contributed by atoms with van der Waals surface area (Å²) >= 11 is 0. The first kappa shape index (κ1) is 14.2. The van der Waals surface area contributed by atoms with Crippen molar-refractivity contribution in [1.82, 2.24) is 10.6 Å². The van der Waals surface area contributed by atoms with Gasteiger partial charge in [0.25, 0.3) is 0 Å². The molecular formula is C16H22N2O3. The van der Waals surface area contributed by atoms with Gasteiger partial charge in [0.1, 0.15) is 0 Å². The predicted molar refractivity (Wildman–Crippen MR) is 79.3 cm³/mol. The Kier molecular flexibility index (Phi) is 4.01. The summed E-state index contributed by atoms with van der Waals surface area (Å²) < 4.78 is 10.7. The van der Waals surface area contributed by atoms with Gasteiger partial charge in [0, 0.05) is 12.0 Å². The molecule has 114 valence electrons. The van der Waals surface area contributed by atoms with E-state index in [1.165, 1.54) is 0 Å². The predicted octanol–water partition coefficient (Wildman–Crippen LogP) is 1.98. The van der Waals surface area contributed by atoms with Gasteiger partial charge in [-0.15, -0.1) is 0 Å². The lowest BCUT2D eigenvalue weighted by Gasteiger charge is -2.28. The maximum Gasteiger partial charge on any atom is 0.231 e. The Hall–Kier alpha value is -1.75. The van der Waals surface area contributed by atoms with E-state index in [1.54, 1.807) is 0 Å². The summed E-state index contributed by atoms with van der Waals surface area (Å²) in [5.41, 5.74) is 1.04. The number of fused-ring (bicyclic) bond motifs is 1. The molecule has 0 bridgehead atoms. The van der Waals surface area contributed by atoms with E-state index in [0.29, 0.717) is 6.04 Å². The fourth-order valence-electron chi connectivity index (χ4n) is 2.97. The molecule has 0 spiro atoms. The van der Waals surface area contributed by atoms with Crippen molar-refractivity contribution in [3.05, 3.63) is 23.8 Å². The topological polar surface area (TPSA) is 59.6 Å². The lowest BCUT2D eigenvalue weighted by molar-refractivity contribution is -0.126. The molecule has 1 amide bonds. The molecule has 1 aromatic rings. The SMILES string of the molecule is CC1CC(C(=O)NC(C)c2ccc3c(c2)OCO3)CCN1. The molecule has 2 aliphatic rings. The summed E-state index contributed by atoms with van der Waals surface area (Å²) in [6, 6.07) is 6.20. The fourth-order valence-corrected chi connectivity index (χ4v) is 2.97. The van der Waals surface area contributed by atoms with Crippen molar-refractivity contribution < 1.29 is 14.3 Å². The van der Waals surface area contributed by atoms with Gasteiger partial charge in [0.05, 0.1) is 6.04 Å². The minimum Gasteiger partial charge on any atom is -0.454 e. The maximum absolute atomic E-state index is 12.4. The van der Waals surface area contributed by atoms with Crippen LogP contribution in [-0.2, 0) is 4.79 Å². The molecule has 1 aromatic carbocycles. The van der Waals surface area contributed by atoms with Gasteiger partial charge < -0.3 is 20.1 Å². The van der Waals surface area contributed by atoms with E-state index in [0.717, 1.165) is 36.4 Å². The Bertz CT molecular complexity index is 532. The second-order valence-electron chi connectivity index (χ2n) is 5.92. The summed E-state index contributed by atoms with van der Waals surface area (Å²) in [5.74, 6) is 1.78. The number of ether oxygens (including phenoxy) is 2. The molecule has 0 radical (unpaired) electrons. The van der Waals surface area contributed by atoms with Gasteiger partial charge in [-0.2, -0.15) is 0 Å². The standard InChI is InChI=1S/C16H22N2O3/c1-10-7-13(5-6-17-10)16(19)18-11(2)12-3-4-14-15(8-12)21-9-20-14/h3-4,8,10-11,13,17H,5-7,9H2,1-2H3,(H,18,19). The lowest BCUT2D eigenvalue weighted by atomic mass is 9.92. The highest BCUT2D eigenvalue weighted by atomic mass is 16.7. The van der Waals surface area contributed by atoms with Crippen LogP contribution < -0.4 is 20.1 Å². The number of nitrogens with one attached hydrogen (secondary N) is 2. The molecule has 3 unspecified atom stereocenters. The second-order valence-corrected chi connectivity index (χ2v) is 5.92. The van der Waals surface area contributed by atoms with Crippen molar-refractivity contribution in [2.24, 2.45) is 5.92 Å². The minimum atomic E-state index is -0.0304. The molecule has 2 N–H and O–H groups in total. The molecule has 0 aliphatic carbocycles. The summed E-state index contributed by atoms with van der Waals surface area (Å²) in [6.45, 7) is 5.31. The minimum absolute atomic E-state index is 0.0304. The number of hydrogen-bond donors (Lipinski definition) is 2. The van der Waals surface area contributed by atoms with Gasteiger partial charge in [-0.05, 0) is 50.9 Å². The number of carbonyl (C=O) groups is 1. The normalized spacial score (nSPS) is 25.4. The molecule has 1 fully saturated rings. The van der Waals surface area contributed by atoms with Crippen LogP contribution in [0.3, 0.4) is 0 Å². The zero-order chi connectivity index (χ0) is 14.8. The molecule has 0 saturated carbocycles. The van der Waals surface area contributed by atoms with Crippen LogP contribution in [0.15, 0.2) is 18.2 Å². The molecule has 21 heavy (non-hydrogen) atoms. The first-order chi connectivity index (χ1) is 10.1. The monoisotopic (exact) mass is 290 g/mol.